The molecule has 34 heavy (non-hydrogen) atoms. The van der Waals surface area contributed by atoms with E-state index >= 15 is 0 Å². The van der Waals surface area contributed by atoms with Crippen LogP contribution in [0.4, 0.5) is 0 Å². The second kappa shape index (κ2) is 6.86. The average Bonchev–Trinajstić information content (AvgIpc) is 3.66. The third-order valence-electron chi connectivity index (χ3n) is 6.14. The third-order valence-corrected chi connectivity index (χ3v) is 8.08. The van der Waals surface area contributed by atoms with Crippen molar-refractivity contribution in [3.05, 3.63) is 65.3 Å². The van der Waals surface area contributed by atoms with Crippen LogP contribution in [0.3, 0.4) is 0 Å². The molecule has 0 fully saturated rings. The molecule has 0 amide bonds. The van der Waals surface area contributed by atoms with Crippen LogP contribution in [0.1, 0.15) is 11.1 Å². The first-order valence-corrected chi connectivity index (χ1v) is 12.4. The first-order chi connectivity index (χ1) is 16.8. The van der Waals surface area contributed by atoms with Gasteiger partial charge in [0.25, 0.3) is 0 Å². The van der Waals surface area contributed by atoms with E-state index < -0.39 is 0 Å². The first-order valence-electron chi connectivity index (χ1n) is 10.7. The molecule has 2 aromatic carbocycles. The van der Waals surface area contributed by atoms with Crippen LogP contribution in [-0.2, 0) is 18.0 Å². The van der Waals surface area contributed by atoms with Crippen molar-refractivity contribution in [1.82, 2.24) is 24.9 Å². The molecule has 0 N–H and O–H groups in total. The molecule has 162 valence electrons. The van der Waals surface area contributed by atoms with Crippen LogP contribution in [0, 0.1) is 0 Å². The highest BCUT2D eigenvalue weighted by atomic mass is 32.1. The highest BCUT2D eigenvalue weighted by Crippen LogP contribution is 2.41. The molecular formula is C25H13N5O2S2. The van der Waals surface area contributed by atoms with Crippen LogP contribution >= 0.6 is 22.7 Å². The van der Waals surface area contributed by atoms with Gasteiger partial charge in [-0.05, 0) is 35.9 Å². The Morgan fingerprint density at radius 3 is 2.82 bits per heavy atom. The van der Waals surface area contributed by atoms with Gasteiger partial charge in [-0.15, -0.1) is 22.7 Å². The predicted molar refractivity (Wildman–Crippen MR) is 133 cm³/mol. The molecule has 0 atom stereocenters. The normalized spacial score (nSPS) is 13.5. The summed E-state index contributed by atoms with van der Waals surface area (Å²) in [5.74, 6) is 0.450. The summed E-state index contributed by atoms with van der Waals surface area (Å²) >= 11 is 3.32. The standard InChI is InChI=1S/C25H13N5O2S2/c1-2-17-23(26-7-1)30-24(32-17)16-5-3-12-4-6-18-21(19(12)28-16)29-25(34-18)14-8-13-9-31-10-15(13)22-20(14)27-11-33-22/h1-8,11H,9-10H2. The Kier molecular flexibility index (Phi) is 3.76. The Labute approximate surface area is 199 Å². The topological polar surface area (TPSA) is 86.8 Å². The van der Waals surface area contributed by atoms with Gasteiger partial charge < -0.3 is 9.15 Å². The fraction of sp³-hybridized carbons (Fsp3) is 0.0800. The van der Waals surface area contributed by atoms with Crippen LogP contribution in [0.5, 0.6) is 0 Å². The van der Waals surface area contributed by atoms with Crippen molar-refractivity contribution < 1.29 is 9.15 Å². The van der Waals surface area contributed by atoms with Gasteiger partial charge in [-0.2, -0.15) is 4.98 Å². The maximum Gasteiger partial charge on any atom is 0.247 e. The van der Waals surface area contributed by atoms with Gasteiger partial charge in [0.2, 0.25) is 5.89 Å². The van der Waals surface area contributed by atoms with Crippen molar-refractivity contribution in [1.29, 1.82) is 0 Å². The van der Waals surface area contributed by atoms with Crippen LogP contribution in [0.2, 0.25) is 0 Å². The lowest BCUT2D eigenvalue weighted by Gasteiger charge is -2.03. The van der Waals surface area contributed by atoms with Gasteiger partial charge in [-0.3, -0.25) is 0 Å². The predicted octanol–water partition coefficient (Wildman–Crippen LogP) is 6.35. The van der Waals surface area contributed by atoms with Crippen molar-refractivity contribution in [2.45, 2.75) is 13.2 Å². The minimum Gasteiger partial charge on any atom is -0.433 e. The van der Waals surface area contributed by atoms with Crippen molar-refractivity contribution in [3.63, 3.8) is 0 Å². The molecule has 7 nitrogen and oxygen atoms in total. The number of oxazole rings is 1. The molecule has 6 heterocycles. The number of benzene rings is 2. The van der Waals surface area contributed by atoms with Gasteiger partial charge in [0.05, 0.1) is 39.2 Å². The van der Waals surface area contributed by atoms with Crippen molar-refractivity contribution >= 4 is 65.2 Å². The highest BCUT2D eigenvalue weighted by molar-refractivity contribution is 7.22. The molecule has 0 aliphatic carbocycles. The molecule has 8 rings (SSSR count). The summed E-state index contributed by atoms with van der Waals surface area (Å²) in [4.78, 5) is 23.4. The fourth-order valence-electron chi connectivity index (χ4n) is 4.53. The molecule has 0 saturated carbocycles. The summed E-state index contributed by atoms with van der Waals surface area (Å²) in [6, 6.07) is 14.0. The number of ether oxygens (including phenoxy) is 1. The number of rotatable bonds is 2. The van der Waals surface area contributed by atoms with Crippen molar-refractivity contribution in [2.75, 3.05) is 0 Å². The lowest BCUT2D eigenvalue weighted by Crippen LogP contribution is -1.88. The van der Waals surface area contributed by atoms with Gasteiger partial charge in [0.15, 0.2) is 11.2 Å². The Hall–Kier alpha value is -3.79. The van der Waals surface area contributed by atoms with E-state index in [-0.39, 0.29) is 0 Å². The number of hydrogen-bond acceptors (Lipinski definition) is 9. The van der Waals surface area contributed by atoms with Crippen LogP contribution in [-0.4, -0.2) is 24.9 Å². The molecule has 5 aromatic heterocycles. The Morgan fingerprint density at radius 2 is 1.85 bits per heavy atom. The van der Waals surface area contributed by atoms with Crippen LogP contribution in [0.15, 0.2) is 58.6 Å². The van der Waals surface area contributed by atoms with E-state index in [1.54, 1.807) is 28.9 Å². The number of thiazole rings is 2. The summed E-state index contributed by atoms with van der Waals surface area (Å²) < 4.78 is 13.9. The molecule has 0 bridgehead atoms. The van der Waals surface area contributed by atoms with E-state index in [1.165, 1.54) is 15.8 Å². The van der Waals surface area contributed by atoms with Gasteiger partial charge in [0, 0.05) is 22.7 Å². The highest BCUT2D eigenvalue weighted by Gasteiger charge is 2.22. The average molecular weight is 480 g/mol. The smallest absolute Gasteiger partial charge is 0.247 e. The zero-order chi connectivity index (χ0) is 22.2. The Balaban J connectivity index is 1.34. The molecule has 1 aliphatic rings. The number of pyridine rings is 2. The first kappa shape index (κ1) is 18.6. The molecule has 7 aromatic rings. The molecule has 0 spiro atoms. The maximum atomic E-state index is 5.90. The maximum absolute atomic E-state index is 5.90. The van der Waals surface area contributed by atoms with Gasteiger partial charge >= 0.3 is 0 Å². The van der Waals surface area contributed by atoms with E-state index in [1.807, 2.05) is 29.8 Å². The second-order valence-corrected chi connectivity index (χ2v) is 10.0. The summed E-state index contributed by atoms with van der Waals surface area (Å²) in [6.07, 6.45) is 1.70. The Morgan fingerprint density at radius 1 is 0.882 bits per heavy atom. The summed E-state index contributed by atoms with van der Waals surface area (Å²) in [6.45, 7) is 1.28. The summed E-state index contributed by atoms with van der Waals surface area (Å²) in [7, 11) is 0. The summed E-state index contributed by atoms with van der Waals surface area (Å²) in [5, 5.41) is 1.95. The molecule has 0 unspecified atom stereocenters. The second-order valence-electron chi connectivity index (χ2n) is 8.13. The van der Waals surface area contributed by atoms with E-state index in [0.29, 0.717) is 36.0 Å². The van der Waals surface area contributed by atoms with E-state index in [4.69, 9.17) is 19.1 Å². The zero-order valence-corrected chi connectivity index (χ0v) is 19.1. The quantitative estimate of drug-likeness (QED) is 0.285. The lowest BCUT2D eigenvalue weighted by molar-refractivity contribution is 0.135. The van der Waals surface area contributed by atoms with Gasteiger partial charge in [0.1, 0.15) is 16.2 Å². The number of fused-ring (bicyclic) bond motifs is 7. The van der Waals surface area contributed by atoms with Gasteiger partial charge in [-0.25, -0.2) is 19.9 Å². The number of aromatic nitrogens is 5. The number of nitrogens with zero attached hydrogens (tertiary/aromatic N) is 5. The number of hydrogen-bond donors (Lipinski definition) is 0. The van der Waals surface area contributed by atoms with Gasteiger partial charge in [-0.1, -0.05) is 12.1 Å². The largest absolute Gasteiger partial charge is 0.433 e. The molecule has 0 radical (unpaired) electrons. The van der Waals surface area contributed by atoms with Crippen molar-refractivity contribution in [3.8, 4) is 22.2 Å². The monoisotopic (exact) mass is 479 g/mol. The minimum atomic E-state index is 0.450. The summed E-state index contributed by atoms with van der Waals surface area (Å²) in [5.41, 5.74) is 9.99. The zero-order valence-electron chi connectivity index (χ0n) is 17.5. The Bertz CT molecular complexity index is 1890. The fourth-order valence-corrected chi connectivity index (χ4v) is 6.38. The minimum absolute atomic E-state index is 0.450. The molecule has 9 heteroatoms. The lowest BCUT2D eigenvalue weighted by atomic mass is 10.1. The van der Waals surface area contributed by atoms with Crippen LogP contribution < -0.4 is 0 Å². The van der Waals surface area contributed by atoms with Crippen LogP contribution in [0.25, 0.3) is 64.7 Å². The van der Waals surface area contributed by atoms with E-state index in [0.717, 1.165) is 37.2 Å². The van der Waals surface area contributed by atoms with E-state index in [9.17, 15) is 0 Å². The van der Waals surface area contributed by atoms with E-state index in [2.05, 4.69) is 33.2 Å². The molecular weight excluding hydrogens is 466 g/mol. The third kappa shape index (κ3) is 2.62. The molecule has 0 saturated heterocycles. The van der Waals surface area contributed by atoms with Crippen molar-refractivity contribution in [2.24, 2.45) is 0 Å². The SMILES string of the molecule is c1cnc2nc(-c3ccc4ccc5sc(-c6cc7c(c8scnc68)COC7)nc5c4n3)oc2c1. The molecule has 1 aliphatic heterocycles.